The van der Waals surface area contributed by atoms with E-state index >= 15 is 0 Å². The van der Waals surface area contributed by atoms with E-state index in [-0.39, 0.29) is 12.2 Å². The van der Waals surface area contributed by atoms with Crippen molar-refractivity contribution in [3.05, 3.63) is 35.4 Å². The van der Waals surface area contributed by atoms with Gasteiger partial charge < -0.3 is 4.74 Å². The molecule has 0 aliphatic carbocycles. The smallest absolute Gasteiger partial charge is 0.211 e. The van der Waals surface area contributed by atoms with Gasteiger partial charge in [0.1, 0.15) is 0 Å². The Balaban J connectivity index is 1.68. The van der Waals surface area contributed by atoms with Crippen LogP contribution in [0.15, 0.2) is 24.3 Å². The third-order valence-corrected chi connectivity index (χ3v) is 6.09. The number of rotatable bonds is 2. The molecule has 1 aromatic carbocycles. The van der Waals surface area contributed by atoms with E-state index in [1.54, 1.807) is 4.31 Å². The van der Waals surface area contributed by atoms with Gasteiger partial charge in [-0.1, -0.05) is 24.3 Å². The highest BCUT2D eigenvalue weighted by Gasteiger charge is 2.34. The summed E-state index contributed by atoms with van der Waals surface area (Å²) < 4.78 is 31.0. The van der Waals surface area contributed by atoms with Gasteiger partial charge in [0.15, 0.2) is 0 Å². The van der Waals surface area contributed by atoms with E-state index < -0.39 is 10.0 Å². The highest BCUT2D eigenvalue weighted by molar-refractivity contribution is 7.88. The number of benzene rings is 1. The number of nitrogens with zero attached hydrogens (tertiary/aromatic N) is 1. The van der Waals surface area contributed by atoms with Crippen molar-refractivity contribution in [3.8, 4) is 0 Å². The van der Waals surface area contributed by atoms with Crippen molar-refractivity contribution in [2.24, 2.45) is 5.92 Å². The van der Waals surface area contributed by atoms with Crippen LogP contribution in [0.1, 0.15) is 37.0 Å². The summed E-state index contributed by atoms with van der Waals surface area (Å²) in [5.74, 6) is 0.457. The van der Waals surface area contributed by atoms with Gasteiger partial charge in [0.05, 0.1) is 18.5 Å². The van der Waals surface area contributed by atoms with E-state index in [2.05, 4.69) is 31.2 Å². The van der Waals surface area contributed by atoms with E-state index in [1.165, 1.54) is 17.4 Å². The van der Waals surface area contributed by atoms with Crippen molar-refractivity contribution in [1.82, 2.24) is 4.31 Å². The zero-order valence-electron chi connectivity index (χ0n) is 12.7. The summed E-state index contributed by atoms with van der Waals surface area (Å²) in [6.07, 6.45) is 4.39. The van der Waals surface area contributed by atoms with Crippen molar-refractivity contribution in [3.63, 3.8) is 0 Å². The van der Waals surface area contributed by atoms with Crippen LogP contribution >= 0.6 is 0 Å². The van der Waals surface area contributed by atoms with E-state index in [0.29, 0.717) is 19.0 Å². The second-order valence-corrected chi connectivity index (χ2v) is 8.20. The zero-order chi connectivity index (χ0) is 15.0. The van der Waals surface area contributed by atoms with Crippen molar-refractivity contribution in [2.75, 3.05) is 19.3 Å². The van der Waals surface area contributed by atoms with Gasteiger partial charge in [-0.25, -0.2) is 12.7 Å². The molecule has 0 bridgehead atoms. The Morgan fingerprint density at radius 2 is 1.86 bits per heavy atom. The minimum absolute atomic E-state index is 0.132. The number of fused-ring (bicyclic) bond motifs is 1. The van der Waals surface area contributed by atoms with Crippen LogP contribution in [0, 0.1) is 5.92 Å². The summed E-state index contributed by atoms with van der Waals surface area (Å²) in [7, 11) is -3.05. The zero-order valence-corrected chi connectivity index (χ0v) is 13.5. The molecule has 2 heterocycles. The summed E-state index contributed by atoms with van der Waals surface area (Å²) in [4.78, 5) is 0. The van der Waals surface area contributed by atoms with Gasteiger partial charge in [-0.2, -0.15) is 0 Å². The average molecular weight is 309 g/mol. The molecule has 4 nitrogen and oxygen atoms in total. The molecule has 2 atom stereocenters. The molecule has 2 unspecified atom stereocenters. The summed E-state index contributed by atoms with van der Waals surface area (Å²) in [5, 5.41) is 0. The number of piperidine rings is 1. The molecule has 0 amide bonds. The Hall–Kier alpha value is -0.910. The second-order valence-electron chi connectivity index (χ2n) is 6.22. The topological polar surface area (TPSA) is 46.6 Å². The first-order valence-corrected chi connectivity index (χ1v) is 9.48. The fourth-order valence-electron chi connectivity index (χ4n) is 3.57. The van der Waals surface area contributed by atoms with E-state index in [1.807, 2.05) is 0 Å². The second kappa shape index (κ2) is 5.71. The molecule has 0 radical (unpaired) electrons. The Labute approximate surface area is 127 Å². The fraction of sp³-hybridized carbons (Fsp3) is 0.625. The van der Waals surface area contributed by atoms with Gasteiger partial charge in [0, 0.05) is 13.1 Å². The first-order valence-electron chi connectivity index (χ1n) is 7.63. The third-order valence-electron chi connectivity index (χ3n) is 4.79. The maximum atomic E-state index is 11.6. The Bertz CT molecular complexity index is 606. The first-order chi connectivity index (χ1) is 9.95. The molecule has 3 rings (SSSR count). The summed E-state index contributed by atoms with van der Waals surface area (Å²) in [5.41, 5.74) is 2.68. The first kappa shape index (κ1) is 15.0. The molecule has 0 saturated carbocycles. The predicted molar refractivity (Wildman–Crippen MR) is 82.6 cm³/mol. The van der Waals surface area contributed by atoms with E-state index in [9.17, 15) is 8.42 Å². The predicted octanol–water partition coefficient (Wildman–Crippen LogP) is 2.36. The molecular formula is C16H23NO3S. The van der Waals surface area contributed by atoms with Gasteiger partial charge in [0.25, 0.3) is 0 Å². The third kappa shape index (κ3) is 3.15. The SMILES string of the molecule is CC1OC(C2CCN(S(C)(=O)=O)CC2)Cc2ccccc21. The lowest BCUT2D eigenvalue weighted by molar-refractivity contribution is -0.0568. The number of hydrogen-bond donors (Lipinski definition) is 0. The van der Waals surface area contributed by atoms with Crippen molar-refractivity contribution >= 4 is 10.0 Å². The maximum absolute atomic E-state index is 11.6. The molecule has 5 heteroatoms. The summed E-state index contributed by atoms with van der Waals surface area (Å²) in [6, 6.07) is 8.47. The molecule has 2 aliphatic heterocycles. The molecule has 0 spiro atoms. The summed E-state index contributed by atoms with van der Waals surface area (Å²) >= 11 is 0. The van der Waals surface area contributed by atoms with Gasteiger partial charge >= 0.3 is 0 Å². The molecular weight excluding hydrogens is 286 g/mol. The standard InChI is InChI=1S/C16H23NO3S/c1-12-15-6-4-3-5-14(15)11-16(20-12)13-7-9-17(10-8-13)21(2,18)19/h3-6,12-13,16H,7-11H2,1-2H3. The minimum atomic E-state index is -3.05. The minimum Gasteiger partial charge on any atom is -0.370 e. The highest BCUT2D eigenvalue weighted by Crippen LogP contribution is 2.35. The maximum Gasteiger partial charge on any atom is 0.211 e. The molecule has 1 aromatic rings. The molecule has 0 N–H and O–H groups in total. The van der Waals surface area contributed by atoms with Gasteiger partial charge in [-0.05, 0) is 43.2 Å². The lowest BCUT2D eigenvalue weighted by Crippen LogP contribution is -2.42. The Morgan fingerprint density at radius 3 is 2.52 bits per heavy atom. The van der Waals surface area contributed by atoms with Crippen LogP contribution in [0.3, 0.4) is 0 Å². The van der Waals surface area contributed by atoms with Crippen LogP contribution in [0.5, 0.6) is 0 Å². The van der Waals surface area contributed by atoms with Gasteiger partial charge in [-0.15, -0.1) is 0 Å². The van der Waals surface area contributed by atoms with Crippen molar-refractivity contribution in [1.29, 1.82) is 0 Å². The van der Waals surface area contributed by atoms with E-state index in [0.717, 1.165) is 19.3 Å². The largest absolute Gasteiger partial charge is 0.370 e. The van der Waals surface area contributed by atoms with Crippen LogP contribution in [0.4, 0.5) is 0 Å². The number of hydrogen-bond acceptors (Lipinski definition) is 3. The normalized spacial score (nSPS) is 28.3. The van der Waals surface area contributed by atoms with Crippen LogP contribution < -0.4 is 0 Å². The molecule has 0 aromatic heterocycles. The van der Waals surface area contributed by atoms with Gasteiger partial charge in [-0.3, -0.25) is 0 Å². The molecule has 21 heavy (non-hydrogen) atoms. The molecule has 1 fully saturated rings. The van der Waals surface area contributed by atoms with Crippen LogP contribution in [-0.2, 0) is 21.2 Å². The number of sulfonamides is 1. The van der Waals surface area contributed by atoms with E-state index in [4.69, 9.17) is 4.74 Å². The van der Waals surface area contributed by atoms with Crippen LogP contribution in [-0.4, -0.2) is 38.2 Å². The number of ether oxygens (including phenoxy) is 1. The average Bonchev–Trinajstić information content (AvgIpc) is 2.46. The summed E-state index contributed by atoms with van der Waals surface area (Å²) in [6.45, 7) is 3.36. The molecule has 1 saturated heterocycles. The fourth-order valence-corrected chi connectivity index (χ4v) is 4.45. The molecule has 2 aliphatic rings. The monoisotopic (exact) mass is 309 g/mol. The Morgan fingerprint density at radius 1 is 1.19 bits per heavy atom. The van der Waals surface area contributed by atoms with Crippen LogP contribution in [0.25, 0.3) is 0 Å². The molecule has 116 valence electrons. The van der Waals surface area contributed by atoms with Crippen molar-refractivity contribution in [2.45, 2.75) is 38.4 Å². The lowest BCUT2D eigenvalue weighted by atomic mass is 9.84. The van der Waals surface area contributed by atoms with Crippen molar-refractivity contribution < 1.29 is 13.2 Å². The highest BCUT2D eigenvalue weighted by atomic mass is 32.2. The Kier molecular flexibility index (Phi) is 4.08. The lowest BCUT2D eigenvalue weighted by Gasteiger charge is -2.39. The van der Waals surface area contributed by atoms with Crippen LogP contribution in [0.2, 0.25) is 0 Å². The quantitative estimate of drug-likeness (QED) is 0.842. The van der Waals surface area contributed by atoms with Gasteiger partial charge in [0.2, 0.25) is 10.0 Å².